The molecular formula is C21H25ClN4O4. The molecule has 1 amide bonds. The van der Waals surface area contributed by atoms with Gasteiger partial charge >= 0.3 is 5.69 Å². The molecule has 0 bridgehead atoms. The minimum atomic E-state index is -0.556. The number of piperazine rings is 1. The van der Waals surface area contributed by atoms with Crippen LogP contribution in [0.5, 0.6) is 5.75 Å². The van der Waals surface area contributed by atoms with E-state index in [1.165, 1.54) is 18.2 Å². The topological polar surface area (TPSA) is 88.0 Å². The predicted molar refractivity (Wildman–Crippen MR) is 118 cm³/mol. The first-order valence-electron chi connectivity index (χ1n) is 9.93. The Balaban J connectivity index is 1.85. The molecule has 8 nitrogen and oxygen atoms in total. The number of rotatable bonds is 7. The van der Waals surface area contributed by atoms with Crippen molar-refractivity contribution in [2.24, 2.45) is 0 Å². The number of hydrogen-bond acceptors (Lipinski definition) is 6. The highest BCUT2D eigenvalue weighted by Crippen LogP contribution is 2.35. The Bertz CT molecular complexity index is 929. The minimum Gasteiger partial charge on any atom is -0.487 e. The number of para-hydroxylation sites is 1. The summed E-state index contributed by atoms with van der Waals surface area (Å²) in [5.74, 6) is -0.312. The third-order valence-corrected chi connectivity index (χ3v) is 5.39. The van der Waals surface area contributed by atoms with Crippen LogP contribution in [0.15, 0.2) is 36.4 Å². The first-order valence-corrected chi connectivity index (χ1v) is 10.3. The summed E-state index contributed by atoms with van der Waals surface area (Å²) in [4.78, 5) is 28.2. The van der Waals surface area contributed by atoms with Gasteiger partial charge < -0.3 is 19.9 Å². The molecule has 2 aromatic rings. The maximum Gasteiger partial charge on any atom is 0.311 e. The summed E-state index contributed by atoms with van der Waals surface area (Å²) in [6.07, 6.45) is 0. The van der Waals surface area contributed by atoms with Crippen LogP contribution in [0.25, 0.3) is 0 Å². The Morgan fingerprint density at radius 3 is 2.57 bits per heavy atom. The van der Waals surface area contributed by atoms with Gasteiger partial charge in [-0.3, -0.25) is 14.9 Å². The van der Waals surface area contributed by atoms with Crippen molar-refractivity contribution in [1.82, 2.24) is 4.90 Å². The normalized spacial score (nSPS) is 14.4. The van der Waals surface area contributed by atoms with E-state index >= 15 is 0 Å². The summed E-state index contributed by atoms with van der Waals surface area (Å²) in [6.45, 7) is 8.60. The van der Waals surface area contributed by atoms with E-state index in [0.717, 1.165) is 38.4 Å². The van der Waals surface area contributed by atoms with Crippen LogP contribution in [0.2, 0.25) is 5.02 Å². The van der Waals surface area contributed by atoms with Crippen LogP contribution in [0.3, 0.4) is 0 Å². The molecule has 30 heavy (non-hydrogen) atoms. The number of halogens is 1. The van der Waals surface area contributed by atoms with Gasteiger partial charge in [0.1, 0.15) is 0 Å². The second kappa shape index (κ2) is 9.77. The lowest BCUT2D eigenvalue weighted by atomic mass is 10.1. The third-order valence-electron chi connectivity index (χ3n) is 5.09. The summed E-state index contributed by atoms with van der Waals surface area (Å²) >= 11 is 6.47. The number of nitrogens with one attached hydrogen (secondary N) is 1. The fraction of sp³-hybridized carbons (Fsp3) is 0.381. The Morgan fingerprint density at radius 2 is 1.93 bits per heavy atom. The first-order chi connectivity index (χ1) is 14.4. The van der Waals surface area contributed by atoms with Gasteiger partial charge in [-0.1, -0.05) is 24.6 Å². The van der Waals surface area contributed by atoms with E-state index < -0.39 is 10.8 Å². The SMILES string of the molecule is CCOc1ccc(C(=O)Nc2cccc(Cl)c2N2CCN(CC)CC2)cc1[N+](=O)[O-]. The van der Waals surface area contributed by atoms with Crippen molar-refractivity contribution in [2.75, 3.05) is 49.5 Å². The Morgan fingerprint density at radius 1 is 1.20 bits per heavy atom. The average molecular weight is 433 g/mol. The fourth-order valence-electron chi connectivity index (χ4n) is 3.50. The van der Waals surface area contributed by atoms with Gasteiger partial charge in [0.05, 0.1) is 27.9 Å². The number of benzene rings is 2. The molecular weight excluding hydrogens is 408 g/mol. The zero-order chi connectivity index (χ0) is 21.7. The summed E-state index contributed by atoms with van der Waals surface area (Å²) in [7, 11) is 0. The smallest absolute Gasteiger partial charge is 0.311 e. The Labute approximate surface area is 180 Å². The van der Waals surface area contributed by atoms with Gasteiger partial charge in [-0.25, -0.2) is 0 Å². The summed E-state index contributed by atoms with van der Waals surface area (Å²) in [5, 5.41) is 14.8. The highest BCUT2D eigenvalue weighted by Gasteiger charge is 2.23. The van der Waals surface area contributed by atoms with Crippen LogP contribution in [0.4, 0.5) is 17.1 Å². The quantitative estimate of drug-likeness (QED) is 0.524. The third kappa shape index (κ3) is 4.83. The minimum absolute atomic E-state index is 0.135. The van der Waals surface area contributed by atoms with Crippen LogP contribution in [-0.4, -0.2) is 55.1 Å². The number of anilines is 2. The molecule has 9 heteroatoms. The van der Waals surface area contributed by atoms with Crippen LogP contribution in [-0.2, 0) is 0 Å². The molecule has 0 radical (unpaired) electrons. The van der Waals surface area contributed by atoms with Crippen molar-refractivity contribution in [3.8, 4) is 5.75 Å². The lowest BCUT2D eigenvalue weighted by Gasteiger charge is -2.36. The van der Waals surface area contributed by atoms with Gasteiger partial charge in [0.15, 0.2) is 5.75 Å². The number of ether oxygens (including phenoxy) is 1. The lowest BCUT2D eigenvalue weighted by Crippen LogP contribution is -2.46. The van der Waals surface area contributed by atoms with Gasteiger partial charge in [-0.05, 0) is 37.7 Å². The molecule has 3 rings (SSSR count). The Kier molecular flexibility index (Phi) is 7.12. The van der Waals surface area contributed by atoms with Gasteiger partial charge in [0.2, 0.25) is 0 Å². The first kappa shape index (κ1) is 21.9. The maximum absolute atomic E-state index is 12.9. The van der Waals surface area contributed by atoms with E-state index in [9.17, 15) is 14.9 Å². The monoisotopic (exact) mass is 432 g/mol. The number of amides is 1. The second-order valence-electron chi connectivity index (χ2n) is 6.88. The fourth-order valence-corrected chi connectivity index (χ4v) is 3.79. The standard InChI is InChI=1S/C21H25ClN4O4/c1-3-24-10-12-25(13-11-24)20-16(22)6-5-7-17(20)23-21(27)15-8-9-19(30-4-2)18(14-15)26(28)29/h5-9,14H,3-4,10-13H2,1-2H3,(H,23,27). The van der Waals surface area contributed by atoms with E-state index in [1.54, 1.807) is 25.1 Å². The molecule has 1 aliphatic heterocycles. The van der Waals surface area contributed by atoms with Crippen molar-refractivity contribution >= 4 is 34.6 Å². The molecule has 1 heterocycles. The van der Waals surface area contributed by atoms with Crippen LogP contribution < -0.4 is 15.0 Å². The van der Waals surface area contributed by atoms with Crippen molar-refractivity contribution in [2.45, 2.75) is 13.8 Å². The molecule has 1 N–H and O–H groups in total. The van der Waals surface area contributed by atoms with Crippen molar-refractivity contribution in [1.29, 1.82) is 0 Å². The number of carbonyl (C=O) groups is 1. The van der Waals surface area contributed by atoms with Gasteiger partial charge in [-0.2, -0.15) is 0 Å². The molecule has 1 aliphatic rings. The number of nitro groups is 1. The molecule has 0 saturated carbocycles. The van der Waals surface area contributed by atoms with Gasteiger partial charge in [-0.15, -0.1) is 0 Å². The van der Waals surface area contributed by atoms with Crippen LogP contribution >= 0.6 is 11.6 Å². The number of nitro benzene ring substituents is 1. The summed E-state index contributed by atoms with van der Waals surface area (Å²) in [6, 6.07) is 9.53. The van der Waals surface area contributed by atoms with Crippen molar-refractivity contribution in [3.05, 3.63) is 57.1 Å². The van der Waals surface area contributed by atoms with E-state index in [4.69, 9.17) is 16.3 Å². The van der Waals surface area contributed by atoms with Gasteiger partial charge in [0, 0.05) is 37.8 Å². The summed E-state index contributed by atoms with van der Waals surface area (Å²) in [5.41, 5.74) is 1.27. The van der Waals surface area contributed by atoms with E-state index in [2.05, 4.69) is 22.0 Å². The second-order valence-corrected chi connectivity index (χ2v) is 7.29. The predicted octanol–water partition coefficient (Wildman–Crippen LogP) is 4.04. The zero-order valence-electron chi connectivity index (χ0n) is 17.1. The highest BCUT2D eigenvalue weighted by molar-refractivity contribution is 6.34. The van der Waals surface area contributed by atoms with Crippen LogP contribution in [0.1, 0.15) is 24.2 Å². The van der Waals surface area contributed by atoms with Crippen molar-refractivity contribution < 1.29 is 14.5 Å². The Hall–Kier alpha value is -2.84. The molecule has 0 unspecified atom stereocenters. The van der Waals surface area contributed by atoms with E-state index in [0.29, 0.717) is 17.3 Å². The molecule has 160 valence electrons. The number of nitrogens with zero attached hydrogens (tertiary/aromatic N) is 3. The number of likely N-dealkylation sites (N-methyl/N-ethyl adjacent to an activating group) is 1. The van der Waals surface area contributed by atoms with Crippen molar-refractivity contribution in [3.63, 3.8) is 0 Å². The largest absolute Gasteiger partial charge is 0.487 e. The summed E-state index contributed by atoms with van der Waals surface area (Å²) < 4.78 is 5.28. The highest BCUT2D eigenvalue weighted by atomic mass is 35.5. The lowest BCUT2D eigenvalue weighted by molar-refractivity contribution is -0.385. The molecule has 1 fully saturated rings. The average Bonchev–Trinajstić information content (AvgIpc) is 2.74. The maximum atomic E-state index is 12.9. The van der Waals surface area contributed by atoms with E-state index in [-0.39, 0.29) is 17.0 Å². The number of carbonyl (C=O) groups excluding carboxylic acids is 1. The van der Waals surface area contributed by atoms with Gasteiger partial charge in [0.25, 0.3) is 5.91 Å². The molecule has 0 spiro atoms. The van der Waals surface area contributed by atoms with Crippen LogP contribution in [0, 0.1) is 10.1 Å². The molecule has 0 aromatic heterocycles. The molecule has 0 aliphatic carbocycles. The molecule has 1 saturated heterocycles. The number of hydrogen-bond donors (Lipinski definition) is 1. The molecule has 2 aromatic carbocycles. The zero-order valence-corrected chi connectivity index (χ0v) is 17.8. The van der Waals surface area contributed by atoms with E-state index in [1.807, 2.05) is 0 Å². The molecule has 0 atom stereocenters.